The second-order valence-corrected chi connectivity index (χ2v) is 5.42. The number of para-hydroxylation sites is 1. The van der Waals surface area contributed by atoms with E-state index < -0.39 is 0 Å². The van der Waals surface area contributed by atoms with Crippen molar-refractivity contribution in [2.45, 2.75) is 31.7 Å². The third-order valence-electron chi connectivity index (χ3n) is 4.16. The van der Waals surface area contributed by atoms with Crippen LogP contribution in [0.4, 0.5) is 5.69 Å². The maximum absolute atomic E-state index is 11.7. The fraction of sp³-hybridized carbons (Fsp3) is 0.533. The van der Waals surface area contributed by atoms with Crippen molar-refractivity contribution in [1.82, 2.24) is 10.3 Å². The van der Waals surface area contributed by atoms with Gasteiger partial charge in [0.2, 0.25) is 5.91 Å². The summed E-state index contributed by atoms with van der Waals surface area (Å²) in [5, 5.41) is 7.40. The van der Waals surface area contributed by atoms with Crippen molar-refractivity contribution in [1.29, 1.82) is 0 Å². The molecule has 1 unspecified atom stereocenters. The smallest absolute Gasteiger partial charge is 0.242 e. The number of benzene rings is 1. The highest BCUT2D eigenvalue weighted by Gasteiger charge is 2.27. The van der Waals surface area contributed by atoms with Gasteiger partial charge in [-0.15, -0.1) is 0 Å². The zero-order valence-electron chi connectivity index (χ0n) is 11.4. The van der Waals surface area contributed by atoms with E-state index >= 15 is 0 Å². The molecule has 102 valence electrons. The predicted octanol–water partition coefficient (Wildman–Crippen LogP) is 1.56. The van der Waals surface area contributed by atoms with Crippen LogP contribution in [0.15, 0.2) is 24.3 Å². The molecule has 1 N–H and O–H groups in total. The molecule has 2 aliphatic rings. The first-order chi connectivity index (χ1) is 9.25. The minimum Gasteiger partial charge on any atom is -0.314 e. The van der Waals surface area contributed by atoms with E-state index in [-0.39, 0.29) is 5.91 Å². The van der Waals surface area contributed by atoms with Gasteiger partial charge in [-0.05, 0) is 37.4 Å². The summed E-state index contributed by atoms with van der Waals surface area (Å²) in [7, 11) is 1.86. The Hall–Kier alpha value is -1.55. The third-order valence-corrected chi connectivity index (χ3v) is 4.16. The Morgan fingerprint density at radius 3 is 2.89 bits per heavy atom. The second-order valence-electron chi connectivity index (χ2n) is 5.42. The molecule has 2 fully saturated rings. The molecule has 2 saturated heterocycles. The van der Waals surface area contributed by atoms with E-state index in [2.05, 4.69) is 34.6 Å². The van der Waals surface area contributed by atoms with Crippen molar-refractivity contribution >= 4 is 11.6 Å². The Kier molecular flexibility index (Phi) is 3.42. The van der Waals surface area contributed by atoms with Crippen molar-refractivity contribution in [3.8, 4) is 0 Å². The molecule has 0 aliphatic carbocycles. The van der Waals surface area contributed by atoms with Gasteiger partial charge in [0.1, 0.15) is 0 Å². The molecular weight excluding hydrogens is 238 g/mol. The predicted molar refractivity (Wildman–Crippen MR) is 75.9 cm³/mol. The molecular formula is C15H21N3O. The molecule has 4 heteroatoms. The Bertz CT molecular complexity index is 468. The summed E-state index contributed by atoms with van der Waals surface area (Å²) >= 11 is 0. The lowest BCUT2D eigenvalue weighted by Gasteiger charge is -2.28. The zero-order chi connectivity index (χ0) is 13.2. The van der Waals surface area contributed by atoms with Crippen molar-refractivity contribution in [2.75, 3.05) is 25.1 Å². The molecule has 0 radical (unpaired) electrons. The van der Waals surface area contributed by atoms with E-state index in [1.807, 2.05) is 7.05 Å². The summed E-state index contributed by atoms with van der Waals surface area (Å²) in [6, 6.07) is 9.04. The van der Waals surface area contributed by atoms with Crippen LogP contribution in [0.25, 0.3) is 0 Å². The van der Waals surface area contributed by atoms with Gasteiger partial charge in [-0.2, -0.15) is 0 Å². The van der Waals surface area contributed by atoms with E-state index in [0.29, 0.717) is 12.5 Å². The first-order valence-corrected chi connectivity index (χ1v) is 7.11. The number of hydrogen-bond donors (Lipinski definition) is 1. The lowest BCUT2D eigenvalue weighted by Crippen LogP contribution is -2.36. The average molecular weight is 259 g/mol. The van der Waals surface area contributed by atoms with E-state index in [1.54, 1.807) is 5.01 Å². The van der Waals surface area contributed by atoms with Gasteiger partial charge in [-0.25, -0.2) is 0 Å². The van der Waals surface area contributed by atoms with Gasteiger partial charge in [0.15, 0.2) is 0 Å². The number of carbonyl (C=O) groups excluding carboxylic acids is 1. The quantitative estimate of drug-likeness (QED) is 0.895. The summed E-state index contributed by atoms with van der Waals surface area (Å²) < 4.78 is 0. The van der Waals surface area contributed by atoms with E-state index in [4.69, 9.17) is 0 Å². The summed E-state index contributed by atoms with van der Waals surface area (Å²) in [6.07, 6.45) is 4.19. The lowest BCUT2D eigenvalue weighted by atomic mass is 10.0. The molecule has 1 aromatic carbocycles. The van der Waals surface area contributed by atoms with Crippen LogP contribution in [0.3, 0.4) is 0 Å². The Morgan fingerprint density at radius 2 is 2.21 bits per heavy atom. The van der Waals surface area contributed by atoms with Gasteiger partial charge >= 0.3 is 0 Å². The van der Waals surface area contributed by atoms with Gasteiger partial charge in [0.05, 0.1) is 5.69 Å². The number of amides is 1. The molecule has 19 heavy (non-hydrogen) atoms. The van der Waals surface area contributed by atoms with Crippen LogP contribution in [-0.2, 0) is 11.2 Å². The normalized spacial score (nSPS) is 23.4. The lowest BCUT2D eigenvalue weighted by molar-refractivity contribution is -0.126. The van der Waals surface area contributed by atoms with Crippen LogP contribution in [0.5, 0.6) is 0 Å². The monoisotopic (exact) mass is 259 g/mol. The highest BCUT2D eigenvalue weighted by Crippen LogP contribution is 2.27. The maximum Gasteiger partial charge on any atom is 0.242 e. The van der Waals surface area contributed by atoms with E-state index in [1.165, 1.54) is 24.1 Å². The van der Waals surface area contributed by atoms with Gasteiger partial charge in [-0.3, -0.25) is 14.8 Å². The standard InChI is InChI=1S/C15H21N3O/c1-17-15(19)8-10-18(17)14-7-3-2-5-12(14)11-13-6-4-9-16-13/h2-3,5,7,13,16H,4,6,8-11H2,1H3. The van der Waals surface area contributed by atoms with Crippen LogP contribution in [0.2, 0.25) is 0 Å². The van der Waals surface area contributed by atoms with Crippen molar-refractivity contribution < 1.29 is 4.79 Å². The number of nitrogens with one attached hydrogen (secondary N) is 1. The minimum atomic E-state index is 0.203. The SMILES string of the molecule is CN1C(=O)CCN1c1ccccc1CC1CCCN1. The molecule has 4 nitrogen and oxygen atoms in total. The van der Waals surface area contributed by atoms with Crippen LogP contribution < -0.4 is 10.3 Å². The number of hydrogen-bond acceptors (Lipinski definition) is 3. The number of hydrazine groups is 1. The van der Waals surface area contributed by atoms with Crippen LogP contribution in [0.1, 0.15) is 24.8 Å². The van der Waals surface area contributed by atoms with Crippen LogP contribution >= 0.6 is 0 Å². The molecule has 0 bridgehead atoms. The van der Waals surface area contributed by atoms with Gasteiger partial charge in [-0.1, -0.05) is 18.2 Å². The Labute approximate surface area is 114 Å². The number of anilines is 1. The third kappa shape index (κ3) is 2.45. The van der Waals surface area contributed by atoms with Crippen LogP contribution in [0, 0.1) is 0 Å². The van der Waals surface area contributed by atoms with Crippen molar-refractivity contribution in [2.24, 2.45) is 0 Å². The second kappa shape index (κ2) is 5.21. The van der Waals surface area contributed by atoms with E-state index in [9.17, 15) is 4.79 Å². The highest BCUT2D eigenvalue weighted by molar-refractivity contribution is 5.81. The highest BCUT2D eigenvalue weighted by atomic mass is 16.2. The molecule has 0 aromatic heterocycles. The molecule has 1 aromatic rings. The molecule has 2 aliphatic heterocycles. The number of nitrogens with zero attached hydrogens (tertiary/aromatic N) is 2. The minimum absolute atomic E-state index is 0.203. The molecule has 3 rings (SSSR count). The van der Waals surface area contributed by atoms with Crippen LogP contribution in [-0.4, -0.2) is 37.1 Å². The van der Waals surface area contributed by atoms with Gasteiger partial charge in [0.25, 0.3) is 0 Å². The maximum atomic E-state index is 11.7. The van der Waals surface area contributed by atoms with Gasteiger partial charge in [0, 0.05) is 26.1 Å². The summed E-state index contributed by atoms with van der Waals surface area (Å²) in [5.74, 6) is 0.203. The first kappa shape index (κ1) is 12.5. The molecule has 0 spiro atoms. The van der Waals surface area contributed by atoms with Crippen molar-refractivity contribution in [3.05, 3.63) is 29.8 Å². The Balaban J connectivity index is 1.82. The Morgan fingerprint density at radius 1 is 1.37 bits per heavy atom. The van der Waals surface area contributed by atoms with Crippen molar-refractivity contribution in [3.63, 3.8) is 0 Å². The fourth-order valence-corrected chi connectivity index (χ4v) is 3.06. The number of rotatable bonds is 3. The number of carbonyl (C=O) groups is 1. The molecule has 1 atom stereocenters. The first-order valence-electron chi connectivity index (χ1n) is 7.11. The molecule has 2 heterocycles. The average Bonchev–Trinajstić information content (AvgIpc) is 3.03. The van der Waals surface area contributed by atoms with E-state index in [0.717, 1.165) is 19.5 Å². The van der Waals surface area contributed by atoms with Gasteiger partial charge < -0.3 is 5.32 Å². The zero-order valence-corrected chi connectivity index (χ0v) is 11.4. The molecule has 1 amide bonds. The molecule has 0 saturated carbocycles. The summed E-state index contributed by atoms with van der Waals surface area (Å²) in [4.78, 5) is 11.7. The summed E-state index contributed by atoms with van der Waals surface area (Å²) in [6.45, 7) is 1.93. The fourth-order valence-electron chi connectivity index (χ4n) is 3.06. The summed E-state index contributed by atoms with van der Waals surface area (Å²) in [5.41, 5.74) is 2.52. The topological polar surface area (TPSA) is 35.6 Å². The largest absolute Gasteiger partial charge is 0.314 e.